The summed E-state index contributed by atoms with van der Waals surface area (Å²) in [7, 11) is 0. The fourth-order valence-electron chi connectivity index (χ4n) is 4.16. The van der Waals surface area contributed by atoms with E-state index in [0.29, 0.717) is 51.5 Å². The van der Waals surface area contributed by atoms with Gasteiger partial charge in [0, 0.05) is 40.6 Å². The molecule has 2 aromatic carbocycles. The van der Waals surface area contributed by atoms with E-state index in [2.05, 4.69) is 15.3 Å². The molecule has 1 saturated heterocycles. The van der Waals surface area contributed by atoms with Gasteiger partial charge in [-0.2, -0.15) is 0 Å². The van der Waals surface area contributed by atoms with Crippen molar-refractivity contribution in [2.24, 2.45) is 5.11 Å². The van der Waals surface area contributed by atoms with Crippen molar-refractivity contribution in [3.05, 3.63) is 75.2 Å². The average molecular weight is 510 g/mol. The topological polar surface area (TPSA) is 134 Å². The van der Waals surface area contributed by atoms with E-state index < -0.39 is 11.9 Å². The monoisotopic (exact) mass is 509 g/mol. The molecular weight excluding hydrogens is 482 g/mol. The number of nitrogens with one attached hydrogen (secondary N) is 1. The van der Waals surface area contributed by atoms with Crippen LogP contribution in [0.3, 0.4) is 0 Å². The van der Waals surface area contributed by atoms with Crippen molar-refractivity contribution in [3.63, 3.8) is 0 Å². The number of carbonyl (C=O) groups excluding carboxylic acids is 3. The Morgan fingerprint density at radius 1 is 1.06 bits per heavy atom. The van der Waals surface area contributed by atoms with Gasteiger partial charge < -0.3 is 14.4 Å². The van der Waals surface area contributed by atoms with Crippen LogP contribution in [0.1, 0.15) is 39.9 Å². The molecule has 11 heteroatoms. The fraction of sp³-hybridized carbons (Fsp3) is 0.400. The molecule has 2 aromatic rings. The molecule has 0 aliphatic carbocycles. The lowest BCUT2D eigenvalue weighted by Gasteiger charge is -2.29. The number of imide groups is 1. The first-order valence-electron chi connectivity index (χ1n) is 11.7. The van der Waals surface area contributed by atoms with Crippen LogP contribution in [0.2, 0.25) is 0 Å². The number of fused-ring (bicyclic) bond motifs is 1. The minimum absolute atomic E-state index is 0.164. The third kappa shape index (κ3) is 6.44. The molecule has 10 nitrogen and oxygen atoms in total. The second-order valence-corrected chi connectivity index (χ2v) is 9.54. The summed E-state index contributed by atoms with van der Waals surface area (Å²) in [6.07, 6.45) is 0.594. The van der Waals surface area contributed by atoms with Gasteiger partial charge in [0.05, 0.1) is 26.4 Å². The Labute approximate surface area is 212 Å². The van der Waals surface area contributed by atoms with Crippen LogP contribution < -0.4 is 5.32 Å². The van der Waals surface area contributed by atoms with Gasteiger partial charge in [-0.15, -0.1) is 11.8 Å². The molecule has 2 heterocycles. The number of azide groups is 1. The van der Waals surface area contributed by atoms with E-state index in [-0.39, 0.29) is 18.2 Å². The van der Waals surface area contributed by atoms with Crippen LogP contribution in [-0.4, -0.2) is 54.2 Å². The number of benzene rings is 2. The van der Waals surface area contributed by atoms with Crippen molar-refractivity contribution >= 4 is 29.5 Å². The first-order valence-corrected chi connectivity index (χ1v) is 12.7. The van der Waals surface area contributed by atoms with E-state index >= 15 is 0 Å². The maximum absolute atomic E-state index is 12.9. The molecule has 36 heavy (non-hydrogen) atoms. The molecule has 1 fully saturated rings. The molecule has 3 amide bonds. The molecule has 1 N–H and O–H groups in total. The van der Waals surface area contributed by atoms with Crippen molar-refractivity contribution in [1.29, 1.82) is 0 Å². The van der Waals surface area contributed by atoms with E-state index in [9.17, 15) is 14.4 Å². The number of amides is 3. The second-order valence-electron chi connectivity index (χ2n) is 8.41. The molecule has 4 rings (SSSR count). The van der Waals surface area contributed by atoms with E-state index in [1.165, 1.54) is 0 Å². The summed E-state index contributed by atoms with van der Waals surface area (Å²) in [6, 6.07) is 13.0. The van der Waals surface area contributed by atoms with Gasteiger partial charge in [-0.3, -0.25) is 19.7 Å². The number of piperidine rings is 1. The molecule has 0 saturated carbocycles. The van der Waals surface area contributed by atoms with Gasteiger partial charge in [0.1, 0.15) is 6.04 Å². The van der Waals surface area contributed by atoms with Crippen molar-refractivity contribution in [1.82, 2.24) is 10.2 Å². The number of thioether (sulfide) groups is 1. The van der Waals surface area contributed by atoms with Crippen molar-refractivity contribution in [2.75, 3.05) is 25.5 Å². The number of nitrogens with zero attached hydrogens (tertiary/aromatic N) is 4. The Kier molecular flexibility index (Phi) is 8.96. The van der Waals surface area contributed by atoms with Crippen LogP contribution >= 0.6 is 11.8 Å². The quantitative estimate of drug-likeness (QED) is 0.116. The molecule has 2 aliphatic rings. The minimum Gasteiger partial charge on any atom is -0.377 e. The molecule has 1 atom stereocenters. The van der Waals surface area contributed by atoms with Crippen LogP contribution in [0.5, 0.6) is 0 Å². The van der Waals surface area contributed by atoms with Crippen LogP contribution in [0.25, 0.3) is 10.4 Å². The third-order valence-corrected chi connectivity index (χ3v) is 7.05. The molecule has 0 radical (unpaired) electrons. The van der Waals surface area contributed by atoms with Crippen LogP contribution in [0.15, 0.2) is 52.5 Å². The number of carbonyl (C=O) groups is 3. The molecular formula is C25H27N5O5S. The SMILES string of the molecule is [N-]=[N+]=NCCOCc1ccc(COCCSc2cccc3c2CN(C2CCC(=O)NC2=O)C3=O)cc1. The van der Waals surface area contributed by atoms with Crippen LogP contribution in [0, 0.1) is 0 Å². The second kappa shape index (κ2) is 12.5. The lowest BCUT2D eigenvalue weighted by Crippen LogP contribution is -2.52. The van der Waals surface area contributed by atoms with E-state index in [1.54, 1.807) is 22.7 Å². The highest BCUT2D eigenvalue weighted by atomic mass is 32.2. The summed E-state index contributed by atoms with van der Waals surface area (Å²) in [5.74, 6) is -0.135. The number of rotatable bonds is 12. The lowest BCUT2D eigenvalue weighted by atomic mass is 10.0. The van der Waals surface area contributed by atoms with Gasteiger partial charge in [0.15, 0.2) is 0 Å². The Morgan fingerprint density at radius 2 is 1.78 bits per heavy atom. The maximum atomic E-state index is 12.9. The summed E-state index contributed by atoms with van der Waals surface area (Å²) in [6.45, 7) is 2.58. The number of ether oxygens (including phenoxy) is 2. The highest BCUT2D eigenvalue weighted by molar-refractivity contribution is 7.99. The Bertz CT molecular complexity index is 1170. The summed E-state index contributed by atoms with van der Waals surface area (Å²) in [5, 5.41) is 5.76. The molecule has 0 spiro atoms. The van der Waals surface area contributed by atoms with Crippen molar-refractivity contribution in [2.45, 2.75) is 43.5 Å². The van der Waals surface area contributed by atoms with E-state index in [0.717, 1.165) is 27.3 Å². The Hall–Kier alpha value is -3.37. The zero-order chi connectivity index (χ0) is 25.3. The van der Waals surface area contributed by atoms with Gasteiger partial charge in [-0.1, -0.05) is 35.4 Å². The minimum atomic E-state index is -0.612. The summed E-state index contributed by atoms with van der Waals surface area (Å²) in [4.78, 5) is 41.9. The first kappa shape index (κ1) is 25.7. The lowest BCUT2D eigenvalue weighted by molar-refractivity contribution is -0.136. The van der Waals surface area contributed by atoms with Crippen molar-refractivity contribution < 1.29 is 23.9 Å². The molecule has 0 bridgehead atoms. The van der Waals surface area contributed by atoms with Crippen LogP contribution in [0.4, 0.5) is 0 Å². The summed E-state index contributed by atoms with van der Waals surface area (Å²) in [5.41, 5.74) is 11.9. The van der Waals surface area contributed by atoms with Gasteiger partial charge in [0.25, 0.3) is 5.91 Å². The predicted octanol–water partition coefficient (Wildman–Crippen LogP) is 3.58. The predicted molar refractivity (Wildman–Crippen MR) is 133 cm³/mol. The van der Waals surface area contributed by atoms with E-state index in [1.807, 2.05) is 36.4 Å². The maximum Gasteiger partial charge on any atom is 0.255 e. The third-order valence-electron chi connectivity index (χ3n) is 5.98. The average Bonchev–Trinajstić information content (AvgIpc) is 3.21. The van der Waals surface area contributed by atoms with Gasteiger partial charge in [0.2, 0.25) is 11.8 Å². The van der Waals surface area contributed by atoms with Gasteiger partial charge in [-0.05, 0) is 40.8 Å². The Morgan fingerprint density at radius 3 is 2.47 bits per heavy atom. The van der Waals surface area contributed by atoms with Gasteiger partial charge in [-0.25, -0.2) is 0 Å². The highest BCUT2D eigenvalue weighted by Crippen LogP contribution is 2.34. The van der Waals surface area contributed by atoms with Crippen LogP contribution in [-0.2, 0) is 38.8 Å². The van der Waals surface area contributed by atoms with Gasteiger partial charge >= 0.3 is 0 Å². The van der Waals surface area contributed by atoms with Crippen molar-refractivity contribution in [3.8, 4) is 0 Å². The number of hydrogen-bond acceptors (Lipinski definition) is 7. The molecule has 0 aromatic heterocycles. The summed E-state index contributed by atoms with van der Waals surface area (Å²) >= 11 is 1.62. The Balaban J connectivity index is 1.22. The smallest absolute Gasteiger partial charge is 0.255 e. The zero-order valence-electron chi connectivity index (χ0n) is 19.7. The normalized spacial score (nSPS) is 17.1. The largest absolute Gasteiger partial charge is 0.377 e. The van der Waals surface area contributed by atoms with E-state index in [4.69, 9.17) is 15.0 Å². The fourth-order valence-corrected chi connectivity index (χ4v) is 5.11. The summed E-state index contributed by atoms with van der Waals surface area (Å²) < 4.78 is 11.3. The molecule has 188 valence electrons. The zero-order valence-corrected chi connectivity index (χ0v) is 20.5. The highest BCUT2D eigenvalue weighted by Gasteiger charge is 2.39. The molecule has 2 aliphatic heterocycles. The first-order chi connectivity index (χ1) is 17.6. The standard InChI is InChI=1S/C25H27N5O5S/c26-29-27-10-11-34-15-17-4-6-18(7-5-17)16-35-12-13-36-22-3-1-2-19-20(22)14-30(25(19)33)21-8-9-23(31)28-24(21)32/h1-7,21H,8-16H2,(H,28,31,32). The number of hydrogen-bond donors (Lipinski definition) is 1. The molecule has 1 unspecified atom stereocenters.